The molecule has 0 amide bonds. The van der Waals surface area contributed by atoms with Crippen molar-refractivity contribution in [2.45, 2.75) is 19.3 Å². The molecule has 0 saturated carbocycles. The highest BCUT2D eigenvalue weighted by Crippen LogP contribution is 2.24. The average Bonchev–Trinajstić information content (AvgIpc) is 3.00. The summed E-state index contributed by atoms with van der Waals surface area (Å²) in [5.74, 6) is -0.849. The number of H-pyrrole nitrogens is 1. The lowest BCUT2D eigenvalue weighted by Crippen LogP contribution is -2.09. The number of fused-ring (bicyclic) bond motifs is 1. The van der Waals surface area contributed by atoms with Crippen LogP contribution in [-0.2, 0) is 4.79 Å². The van der Waals surface area contributed by atoms with Gasteiger partial charge in [-0.1, -0.05) is 11.6 Å². The summed E-state index contributed by atoms with van der Waals surface area (Å²) in [5, 5.41) is 8.57. The minimum Gasteiger partial charge on any atom is -0.492 e. The Kier molecular flexibility index (Phi) is 5.27. The number of carboxylic acids is 1. The van der Waals surface area contributed by atoms with Crippen LogP contribution in [0.2, 0.25) is 5.02 Å². The number of aliphatic carboxylic acids is 1. The number of carboxylic acid groups (broad SMARTS) is 1. The van der Waals surface area contributed by atoms with E-state index < -0.39 is 11.8 Å². The van der Waals surface area contributed by atoms with Crippen LogP contribution in [0.4, 0.5) is 4.39 Å². The Bertz CT molecular complexity index is 1010. The average molecular weight is 379 g/mol. The molecule has 0 bridgehead atoms. The second-order valence-electron chi connectivity index (χ2n) is 5.79. The van der Waals surface area contributed by atoms with Crippen molar-refractivity contribution in [3.63, 3.8) is 0 Å². The molecule has 3 rings (SSSR count). The van der Waals surface area contributed by atoms with Gasteiger partial charge in [0.05, 0.1) is 23.5 Å². The van der Waals surface area contributed by atoms with Crippen LogP contribution in [-0.4, -0.2) is 27.1 Å². The molecule has 8 heteroatoms. The molecule has 0 aliphatic rings. The van der Waals surface area contributed by atoms with Crippen molar-refractivity contribution in [3.8, 4) is 17.0 Å². The van der Waals surface area contributed by atoms with Gasteiger partial charge >= 0.3 is 5.97 Å². The number of carbonyl (C=O) groups is 1. The topological polar surface area (TPSA) is 83.8 Å². The number of hydrogen-bond donors (Lipinski definition) is 2. The van der Waals surface area contributed by atoms with E-state index in [1.165, 1.54) is 18.2 Å². The number of nitrogens with zero attached hydrogens (tertiary/aromatic N) is 1. The first-order chi connectivity index (χ1) is 12.4. The van der Waals surface area contributed by atoms with Gasteiger partial charge < -0.3 is 19.2 Å². The van der Waals surface area contributed by atoms with Gasteiger partial charge in [0, 0.05) is 24.2 Å². The van der Waals surface area contributed by atoms with E-state index in [1.807, 2.05) is 0 Å². The fourth-order valence-electron chi connectivity index (χ4n) is 2.56. The van der Waals surface area contributed by atoms with E-state index in [0.29, 0.717) is 42.0 Å². The van der Waals surface area contributed by atoms with E-state index in [1.54, 1.807) is 22.9 Å². The maximum atomic E-state index is 13.3. The van der Waals surface area contributed by atoms with Gasteiger partial charge in [0.1, 0.15) is 17.1 Å². The summed E-state index contributed by atoms with van der Waals surface area (Å²) in [6.07, 6.45) is 4.59. The van der Waals surface area contributed by atoms with Gasteiger partial charge in [-0.3, -0.25) is 9.59 Å². The third kappa shape index (κ3) is 4.05. The number of unbranched alkanes of at least 4 members (excludes halogenated alkanes) is 1. The smallest absolute Gasteiger partial charge is 0.303 e. The first kappa shape index (κ1) is 18.0. The molecule has 1 aromatic carbocycles. The number of aromatic amines is 1. The standard InChI is InChI=1S/C18H16ClFN2O4/c19-13-7-11(4-5-14(13)20)15-10-22-9-12(8-16(22)18(25)21-15)26-6-2-1-3-17(23)24/h4-5,7-10H,1-3,6H2,(H,21,25)(H,23,24). The summed E-state index contributed by atoms with van der Waals surface area (Å²) in [6, 6.07) is 5.82. The summed E-state index contributed by atoms with van der Waals surface area (Å²) in [7, 11) is 0. The number of halogens is 2. The number of nitrogens with one attached hydrogen (secondary N) is 1. The van der Waals surface area contributed by atoms with Crippen LogP contribution in [0.3, 0.4) is 0 Å². The molecule has 0 aliphatic carbocycles. The lowest BCUT2D eigenvalue weighted by molar-refractivity contribution is -0.137. The van der Waals surface area contributed by atoms with Crippen LogP contribution in [0, 0.1) is 5.82 Å². The number of benzene rings is 1. The maximum absolute atomic E-state index is 13.3. The molecule has 2 N–H and O–H groups in total. The Hall–Kier alpha value is -2.80. The molecule has 0 unspecified atom stereocenters. The van der Waals surface area contributed by atoms with Gasteiger partial charge in [0.2, 0.25) is 0 Å². The minimum absolute atomic E-state index is 0.0265. The SMILES string of the molecule is O=C(O)CCCCOc1cc2c(=O)[nH]c(-c3ccc(F)c(Cl)c3)cn2c1. The summed E-state index contributed by atoms with van der Waals surface area (Å²) >= 11 is 5.80. The first-order valence-electron chi connectivity index (χ1n) is 7.99. The molecule has 0 spiro atoms. The van der Waals surface area contributed by atoms with Crippen LogP contribution in [0.25, 0.3) is 16.8 Å². The van der Waals surface area contributed by atoms with Gasteiger partial charge in [-0.25, -0.2) is 4.39 Å². The van der Waals surface area contributed by atoms with Crippen molar-refractivity contribution in [2.75, 3.05) is 6.61 Å². The molecule has 26 heavy (non-hydrogen) atoms. The summed E-state index contributed by atoms with van der Waals surface area (Å²) in [4.78, 5) is 25.5. The molecule has 0 fully saturated rings. The number of ether oxygens (including phenoxy) is 1. The van der Waals surface area contributed by atoms with Gasteiger partial charge in [-0.15, -0.1) is 0 Å². The van der Waals surface area contributed by atoms with Crippen molar-refractivity contribution >= 4 is 23.1 Å². The lowest BCUT2D eigenvalue weighted by Gasteiger charge is -2.04. The fourth-order valence-corrected chi connectivity index (χ4v) is 2.74. The summed E-state index contributed by atoms with van der Waals surface area (Å²) in [5.41, 5.74) is 1.17. The molecule has 0 saturated heterocycles. The normalized spacial score (nSPS) is 11.0. The van der Waals surface area contributed by atoms with Crippen molar-refractivity contribution in [1.82, 2.24) is 9.38 Å². The summed E-state index contributed by atoms with van der Waals surface area (Å²) < 4.78 is 20.5. The Balaban J connectivity index is 1.79. The zero-order valence-electron chi connectivity index (χ0n) is 13.7. The van der Waals surface area contributed by atoms with E-state index in [4.69, 9.17) is 21.4 Å². The van der Waals surface area contributed by atoms with E-state index in [9.17, 15) is 14.0 Å². The van der Waals surface area contributed by atoms with Crippen LogP contribution in [0.1, 0.15) is 19.3 Å². The van der Waals surface area contributed by atoms with Crippen LogP contribution in [0.5, 0.6) is 5.75 Å². The Morgan fingerprint density at radius 1 is 1.27 bits per heavy atom. The van der Waals surface area contributed by atoms with E-state index in [-0.39, 0.29) is 17.0 Å². The highest BCUT2D eigenvalue weighted by molar-refractivity contribution is 6.31. The first-order valence-corrected chi connectivity index (χ1v) is 8.37. The van der Waals surface area contributed by atoms with Gasteiger partial charge in [-0.05, 0) is 31.0 Å². The minimum atomic E-state index is -0.834. The van der Waals surface area contributed by atoms with Crippen molar-refractivity contribution in [3.05, 3.63) is 57.9 Å². The second kappa shape index (κ2) is 7.61. The highest BCUT2D eigenvalue weighted by atomic mass is 35.5. The van der Waals surface area contributed by atoms with Crippen LogP contribution in [0.15, 0.2) is 41.5 Å². The van der Waals surface area contributed by atoms with E-state index in [2.05, 4.69) is 4.98 Å². The maximum Gasteiger partial charge on any atom is 0.303 e. The van der Waals surface area contributed by atoms with Crippen molar-refractivity contribution in [2.24, 2.45) is 0 Å². The molecule has 2 heterocycles. The van der Waals surface area contributed by atoms with Gasteiger partial charge in [-0.2, -0.15) is 0 Å². The van der Waals surface area contributed by atoms with E-state index in [0.717, 1.165) is 0 Å². The lowest BCUT2D eigenvalue weighted by atomic mass is 10.1. The quantitative estimate of drug-likeness (QED) is 0.614. The van der Waals surface area contributed by atoms with Crippen LogP contribution < -0.4 is 10.3 Å². The second-order valence-corrected chi connectivity index (χ2v) is 6.20. The monoisotopic (exact) mass is 378 g/mol. The molecule has 136 valence electrons. The van der Waals surface area contributed by atoms with Crippen LogP contribution >= 0.6 is 11.6 Å². The zero-order chi connectivity index (χ0) is 18.7. The third-order valence-corrected chi connectivity index (χ3v) is 4.15. The molecule has 0 radical (unpaired) electrons. The van der Waals surface area contributed by atoms with Crippen molar-refractivity contribution < 1.29 is 19.0 Å². The number of rotatable bonds is 7. The largest absolute Gasteiger partial charge is 0.492 e. The predicted octanol–water partition coefficient (Wildman–Crippen LogP) is 3.72. The molecule has 3 aromatic rings. The Morgan fingerprint density at radius 3 is 2.81 bits per heavy atom. The third-order valence-electron chi connectivity index (χ3n) is 3.86. The molecule has 0 aliphatic heterocycles. The molecular formula is C18H16ClFN2O4. The van der Waals surface area contributed by atoms with Crippen molar-refractivity contribution in [1.29, 1.82) is 0 Å². The van der Waals surface area contributed by atoms with Gasteiger partial charge in [0.25, 0.3) is 5.56 Å². The zero-order valence-corrected chi connectivity index (χ0v) is 14.4. The Morgan fingerprint density at radius 2 is 2.08 bits per heavy atom. The number of hydrogen-bond acceptors (Lipinski definition) is 3. The molecular weight excluding hydrogens is 363 g/mol. The highest BCUT2D eigenvalue weighted by Gasteiger charge is 2.09. The molecule has 0 atom stereocenters. The molecule has 2 aromatic heterocycles. The fraction of sp³-hybridized carbons (Fsp3) is 0.222. The predicted molar refractivity (Wildman–Crippen MR) is 95.4 cm³/mol. The van der Waals surface area contributed by atoms with E-state index >= 15 is 0 Å². The summed E-state index contributed by atoms with van der Waals surface area (Å²) in [6.45, 7) is 0.364. The number of aromatic nitrogens is 2. The Labute approximate surface area is 152 Å². The molecule has 6 nitrogen and oxygen atoms in total. The van der Waals surface area contributed by atoms with Gasteiger partial charge in [0.15, 0.2) is 0 Å².